The summed E-state index contributed by atoms with van der Waals surface area (Å²) < 4.78 is 5.17. The van der Waals surface area contributed by atoms with E-state index >= 15 is 0 Å². The summed E-state index contributed by atoms with van der Waals surface area (Å²) in [5, 5.41) is 23.2. The number of aromatic nitrogens is 2. The van der Waals surface area contributed by atoms with Crippen LogP contribution in [0.4, 0.5) is 0 Å². The standard InChI is InChI=1S/C16H14N2O3/c1-10-5-2-3-6-11(10)9-14-17-16(21-18-14)12-7-4-8-13(19)15(12)20/h2-8,19-20H,9H2,1H3. The van der Waals surface area contributed by atoms with Crippen LogP contribution in [0.5, 0.6) is 11.5 Å². The second-order valence-electron chi connectivity index (χ2n) is 4.79. The van der Waals surface area contributed by atoms with E-state index in [4.69, 9.17) is 4.52 Å². The third-order valence-corrected chi connectivity index (χ3v) is 3.32. The highest BCUT2D eigenvalue weighted by atomic mass is 16.5. The lowest BCUT2D eigenvalue weighted by Crippen LogP contribution is -1.93. The van der Waals surface area contributed by atoms with Gasteiger partial charge in [0.15, 0.2) is 17.3 Å². The smallest absolute Gasteiger partial charge is 0.261 e. The van der Waals surface area contributed by atoms with Crippen molar-refractivity contribution in [2.24, 2.45) is 0 Å². The van der Waals surface area contributed by atoms with E-state index in [1.54, 1.807) is 12.1 Å². The maximum absolute atomic E-state index is 9.82. The molecule has 0 fully saturated rings. The summed E-state index contributed by atoms with van der Waals surface area (Å²) in [6.45, 7) is 2.03. The molecule has 1 heterocycles. The van der Waals surface area contributed by atoms with Crippen LogP contribution in [0.15, 0.2) is 47.0 Å². The van der Waals surface area contributed by atoms with Crippen LogP contribution in [0, 0.1) is 6.92 Å². The van der Waals surface area contributed by atoms with E-state index in [9.17, 15) is 10.2 Å². The third kappa shape index (κ3) is 2.58. The number of phenols is 2. The van der Waals surface area contributed by atoms with Gasteiger partial charge in [-0.15, -0.1) is 0 Å². The van der Waals surface area contributed by atoms with Gasteiger partial charge in [-0.05, 0) is 30.2 Å². The van der Waals surface area contributed by atoms with Crippen molar-refractivity contribution >= 4 is 0 Å². The average Bonchev–Trinajstić information content (AvgIpc) is 2.93. The molecule has 2 N–H and O–H groups in total. The van der Waals surface area contributed by atoms with Gasteiger partial charge in [0.25, 0.3) is 5.89 Å². The van der Waals surface area contributed by atoms with Crippen LogP contribution in [-0.2, 0) is 6.42 Å². The molecule has 0 aliphatic carbocycles. The first-order chi connectivity index (χ1) is 10.1. The van der Waals surface area contributed by atoms with Gasteiger partial charge < -0.3 is 14.7 Å². The van der Waals surface area contributed by atoms with Crippen molar-refractivity contribution < 1.29 is 14.7 Å². The number of phenolic OH excluding ortho intramolecular Hbond substituents is 2. The minimum atomic E-state index is -0.261. The molecule has 0 atom stereocenters. The molecule has 0 aliphatic heterocycles. The van der Waals surface area contributed by atoms with Gasteiger partial charge in [-0.1, -0.05) is 35.5 Å². The topological polar surface area (TPSA) is 79.4 Å². The Morgan fingerprint density at radius 3 is 2.67 bits per heavy atom. The lowest BCUT2D eigenvalue weighted by atomic mass is 10.1. The molecule has 5 nitrogen and oxygen atoms in total. The van der Waals surface area contributed by atoms with E-state index in [-0.39, 0.29) is 17.4 Å². The van der Waals surface area contributed by atoms with Crippen molar-refractivity contribution in [3.8, 4) is 23.0 Å². The van der Waals surface area contributed by atoms with Crippen molar-refractivity contribution in [2.75, 3.05) is 0 Å². The van der Waals surface area contributed by atoms with E-state index in [1.807, 2.05) is 31.2 Å². The normalized spacial score (nSPS) is 10.7. The minimum Gasteiger partial charge on any atom is -0.504 e. The number of rotatable bonds is 3. The predicted octanol–water partition coefficient (Wildman–Crippen LogP) is 3.05. The van der Waals surface area contributed by atoms with E-state index in [2.05, 4.69) is 10.1 Å². The molecule has 1 aromatic heterocycles. The molecule has 0 bridgehead atoms. The molecule has 0 amide bonds. The van der Waals surface area contributed by atoms with Gasteiger partial charge in [0.05, 0.1) is 5.56 Å². The zero-order chi connectivity index (χ0) is 14.8. The molecule has 21 heavy (non-hydrogen) atoms. The van der Waals surface area contributed by atoms with Crippen molar-refractivity contribution in [3.05, 3.63) is 59.4 Å². The largest absolute Gasteiger partial charge is 0.504 e. The van der Waals surface area contributed by atoms with E-state index in [0.29, 0.717) is 17.8 Å². The second kappa shape index (κ2) is 5.28. The number of aryl methyl sites for hydroxylation is 1. The summed E-state index contributed by atoms with van der Waals surface area (Å²) in [6, 6.07) is 12.6. The van der Waals surface area contributed by atoms with Crippen LogP contribution in [0.2, 0.25) is 0 Å². The Morgan fingerprint density at radius 1 is 1.05 bits per heavy atom. The molecule has 0 unspecified atom stereocenters. The first kappa shape index (κ1) is 13.2. The number of para-hydroxylation sites is 1. The number of aromatic hydroxyl groups is 2. The fourth-order valence-corrected chi connectivity index (χ4v) is 2.12. The number of hydrogen-bond donors (Lipinski definition) is 2. The molecule has 5 heteroatoms. The Labute approximate surface area is 121 Å². The monoisotopic (exact) mass is 282 g/mol. The highest BCUT2D eigenvalue weighted by molar-refractivity contribution is 5.66. The second-order valence-corrected chi connectivity index (χ2v) is 4.79. The Morgan fingerprint density at radius 2 is 1.86 bits per heavy atom. The number of hydrogen-bond acceptors (Lipinski definition) is 5. The van der Waals surface area contributed by atoms with Crippen LogP contribution in [0.3, 0.4) is 0 Å². The minimum absolute atomic E-state index is 0.187. The van der Waals surface area contributed by atoms with Gasteiger partial charge in [0.2, 0.25) is 0 Å². The predicted molar refractivity (Wildman–Crippen MR) is 77.0 cm³/mol. The molecular formula is C16H14N2O3. The first-order valence-corrected chi connectivity index (χ1v) is 6.53. The van der Waals surface area contributed by atoms with Crippen LogP contribution in [-0.4, -0.2) is 20.4 Å². The summed E-state index contributed by atoms with van der Waals surface area (Å²) in [6.07, 6.45) is 0.551. The molecule has 0 saturated carbocycles. The van der Waals surface area contributed by atoms with Crippen LogP contribution in [0.25, 0.3) is 11.5 Å². The molecule has 3 aromatic rings. The first-order valence-electron chi connectivity index (χ1n) is 6.53. The molecule has 0 aliphatic rings. The highest BCUT2D eigenvalue weighted by Crippen LogP contribution is 2.35. The van der Waals surface area contributed by atoms with Gasteiger partial charge in [0, 0.05) is 6.42 Å². The summed E-state index contributed by atoms with van der Waals surface area (Å²) in [5.74, 6) is 0.240. The van der Waals surface area contributed by atoms with Crippen molar-refractivity contribution in [1.82, 2.24) is 10.1 Å². The molecular weight excluding hydrogens is 268 g/mol. The lowest BCUT2D eigenvalue weighted by molar-refractivity contribution is 0.396. The maximum atomic E-state index is 9.82. The van der Waals surface area contributed by atoms with E-state index in [0.717, 1.165) is 11.1 Å². The van der Waals surface area contributed by atoms with Gasteiger partial charge >= 0.3 is 0 Å². The summed E-state index contributed by atoms with van der Waals surface area (Å²) in [5.41, 5.74) is 2.59. The fraction of sp³-hybridized carbons (Fsp3) is 0.125. The lowest BCUT2D eigenvalue weighted by Gasteiger charge is -2.01. The van der Waals surface area contributed by atoms with E-state index in [1.165, 1.54) is 6.07 Å². The fourth-order valence-electron chi connectivity index (χ4n) is 2.12. The average molecular weight is 282 g/mol. The van der Waals surface area contributed by atoms with Crippen LogP contribution < -0.4 is 0 Å². The van der Waals surface area contributed by atoms with Gasteiger partial charge in [-0.25, -0.2) is 0 Å². The van der Waals surface area contributed by atoms with Gasteiger partial charge in [0.1, 0.15) is 0 Å². The van der Waals surface area contributed by atoms with Gasteiger partial charge in [-0.2, -0.15) is 4.98 Å². The molecule has 0 spiro atoms. The van der Waals surface area contributed by atoms with E-state index < -0.39 is 0 Å². The molecule has 0 saturated heterocycles. The molecule has 106 valence electrons. The Balaban J connectivity index is 1.90. The Bertz CT molecular complexity index is 781. The zero-order valence-electron chi connectivity index (χ0n) is 11.4. The number of benzene rings is 2. The number of nitrogens with zero attached hydrogens (tertiary/aromatic N) is 2. The Hall–Kier alpha value is -2.82. The van der Waals surface area contributed by atoms with Crippen molar-refractivity contribution in [3.63, 3.8) is 0 Å². The summed E-state index contributed by atoms with van der Waals surface area (Å²) in [4.78, 5) is 4.27. The Kier molecular flexibility index (Phi) is 3.31. The van der Waals surface area contributed by atoms with Gasteiger partial charge in [-0.3, -0.25) is 0 Å². The summed E-state index contributed by atoms with van der Waals surface area (Å²) >= 11 is 0. The molecule has 2 aromatic carbocycles. The zero-order valence-corrected chi connectivity index (χ0v) is 11.4. The third-order valence-electron chi connectivity index (χ3n) is 3.32. The molecule has 3 rings (SSSR count). The van der Waals surface area contributed by atoms with Crippen LogP contribution >= 0.6 is 0 Å². The highest BCUT2D eigenvalue weighted by Gasteiger charge is 2.15. The van der Waals surface area contributed by atoms with Crippen LogP contribution in [0.1, 0.15) is 17.0 Å². The van der Waals surface area contributed by atoms with Crippen molar-refractivity contribution in [1.29, 1.82) is 0 Å². The van der Waals surface area contributed by atoms with Crippen molar-refractivity contribution in [2.45, 2.75) is 13.3 Å². The maximum Gasteiger partial charge on any atom is 0.261 e. The quantitative estimate of drug-likeness (QED) is 0.722. The molecule has 0 radical (unpaired) electrons. The SMILES string of the molecule is Cc1ccccc1Cc1noc(-c2cccc(O)c2O)n1. The summed E-state index contributed by atoms with van der Waals surface area (Å²) in [7, 11) is 0.